The summed E-state index contributed by atoms with van der Waals surface area (Å²) in [6, 6.07) is 8.17. The van der Waals surface area contributed by atoms with E-state index in [1.165, 1.54) is 5.56 Å². The molecule has 4 nitrogen and oxygen atoms in total. The van der Waals surface area contributed by atoms with Crippen molar-refractivity contribution in [1.82, 2.24) is 4.90 Å². The molecule has 0 bridgehead atoms. The third-order valence-corrected chi connectivity index (χ3v) is 2.90. The predicted octanol–water partition coefficient (Wildman–Crippen LogP) is 2.41. The van der Waals surface area contributed by atoms with Crippen LogP contribution in [-0.4, -0.2) is 29.0 Å². The van der Waals surface area contributed by atoms with E-state index in [1.54, 1.807) is 0 Å². The zero-order valence-electron chi connectivity index (χ0n) is 9.93. The first-order valence-corrected chi connectivity index (χ1v) is 6.38. The summed E-state index contributed by atoms with van der Waals surface area (Å²) in [4.78, 5) is 2.15. The molecule has 1 aromatic carbocycles. The van der Waals surface area contributed by atoms with Crippen LogP contribution in [0.1, 0.15) is 18.9 Å². The van der Waals surface area contributed by atoms with Crippen molar-refractivity contribution in [1.29, 1.82) is 0 Å². The Hall–Kier alpha value is -1.07. The molecule has 0 saturated heterocycles. The van der Waals surface area contributed by atoms with Gasteiger partial charge < -0.3 is 10.9 Å². The summed E-state index contributed by atoms with van der Waals surface area (Å²) in [5.41, 5.74) is 6.75. The molecule has 0 radical (unpaired) electrons. The quantitative estimate of drug-likeness (QED) is 0.367. The topological polar surface area (TPSA) is 61.8 Å². The molecule has 0 amide bonds. The minimum absolute atomic E-state index is 0.246. The van der Waals surface area contributed by atoms with E-state index in [2.05, 4.69) is 45.0 Å². The maximum absolute atomic E-state index is 8.58. The Balaban J connectivity index is 2.62. The summed E-state index contributed by atoms with van der Waals surface area (Å²) in [6.45, 7) is 4.32. The van der Waals surface area contributed by atoms with Crippen LogP contribution in [0, 0.1) is 0 Å². The number of halogens is 1. The maximum atomic E-state index is 8.58. The number of nitrogens with two attached hydrogens (primary N) is 1. The second kappa shape index (κ2) is 7.29. The van der Waals surface area contributed by atoms with E-state index < -0.39 is 0 Å². The predicted molar refractivity (Wildman–Crippen MR) is 73.1 cm³/mol. The average molecular weight is 300 g/mol. The standard InChI is InChI=1S/C12H18BrN3O/c1-2-7-16(9-12(14)15-17)8-10-3-5-11(13)6-4-10/h3-6,17H,2,7-9H2,1H3,(H2,14,15). The van der Waals surface area contributed by atoms with Crippen molar-refractivity contribution in [2.45, 2.75) is 19.9 Å². The van der Waals surface area contributed by atoms with Crippen LogP contribution < -0.4 is 5.73 Å². The van der Waals surface area contributed by atoms with Crippen LogP contribution >= 0.6 is 15.9 Å². The normalized spacial score (nSPS) is 12.1. The Morgan fingerprint density at radius 3 is 2.59 bits per heavy atom. The van der Waals surface area contributed by atoms with Gasteiger partial charge in [-0.15, -0.1) is 0 Å². The number of hydrogen-bond acceptors (Lipinski definition) is 3. The van der Waals surface area contributed by atoms with E-state index in [4.69, 9.17) is 10.9 Å². The number of amidine groups is 1. The summed E-state index contributed by atoms with van der Waals surface area (Å²) in [5, 5.41) is 11.6. The summed E-state index contributed by atoms with van der Waals surface area (Å²) in [5.74, 6) is 0.246. The lowest BCUT2D eigenvalue weighted by Gasteiger charge is -2.20. The van der Waals surface area contributed by atoms with E-state index in [0.717, 1.165) is 24.0 Å². The van der Waals surface area contributed by atoms with Crippen molar-refractivity contribution in [3.63, 3.8) is 0 Å². The molecule has 94 valence electrons. The molecule has 0 atom stereocenters. The highest BCUT2D eigenvalue weighted by Gasteiger charge is 2.07. The number of oxime groups is 1. The fraction of sp³-hybridized carbons (Fsp3) is 0.417. The van der Waals surface area contributed by atoms with Crippen molar-refractivity contribution < 1.29 is 5.21 Å². The molecule has 5 heteroatoms. The van der Waals surface area contributed by atoms with Crippen LogP contribution in [0.4, 0.5) is 0 Å². The van der Waals surface area contributed by atoms with E-state index in [1.807, 2.05) is 12.1 Å². The molecule has 0 spiro atoms. The molecule has 1 aromatic rings. The first-order valence-electron chi connectivity index (χ1n) is 5.59. The number of rotatable bonds is 6. The number of benzene rings is 1. The fourth-order valence-corrected chi connectivity index (χ4v) is 1.90. The molecule has 0 saturated carbocycles. The van der Waals surface area contributed by atoms with Crippen molar-refractivity contribution in [2.24, 2.45) is 10.9 Å². The molecule has 0 aromatic heterocycles. The third kappa shape index (κ3) is 5.19. The molecule has 0 aliphatic carbocycles. The Bertz CT molecular complexity index is 365. The minimum Gasteiger partial charge on any atom is -0.409 e. The zero-order valence-corrected chi connectivity index (χ0v) is 11.5. The van der Waals surface area contributed by atoms with E-state index in [0.29, 0.717) is 6.54 Å². The van der Waals surface area contributed by atoms with Gasteiger partial charge in [0, 0.05) is 11.0 Å². The van der Waals surface area contributed by atoms with Gasteiger partial charge in [-0.25, -0.2) is 0 Å². The molecule has 0 unspecified atom stereocenters. The van der Waals surface area contributed by atoms with Crippen LogP contribution in [-0.2, 0) is 6.54 Å². The van der Waals surface area contributed by atoms with Crippen molar-refractivity contribution in [2.75, 3.05) is 13.1 Å². The highest BCUT2D eigenvalue weighted by atomic mass is 79.9. The largest absolute Gasteiger partial charge is 0.409 e. The molecular weight excluding hydrogens is 282 g/mol. The van der Waals surface area contributed by atoms with Crippen molar-refractivity contribution in [3.8, 4) is 0 Å². The Morgan fingerprint density at radius 1 is 1.41 bits per heavy atom. The molecule has 0 heterocycles. The summed E-state index contributed by atoms with van der Waals surface area (Å²) >= 11 is 3.41. The first-order chi connectivity index (χ1) is 8.15. The van der Waals surface area contributed by atoms with Gasteiger partial charge in [0.1, 0.15) is 0 Å². The third-order valence-electron chi connectivity index (χ3n) is 2.37. The van der Waals surface area contributed by atoms with Crippen molar-refractivity contribution >= 4 is 21.8 Å². The smallest absolute Gasteiger partial charge is 0.153 e. The monoisotopic (exact) mass is 299 g/mol. The summed E-state index contributed by atoms with van der Waals surface area (Å²) in [6.07, 6.45) is 1.04. The first kappa shape index (κ1) is 14.0. The Kier molecular flexibility index (Phi) is 6.00. The van der Waals surface area contributed by atoms with E-state index in [9.17, 15) is 0 Å². The SMILES string of the molecule is CCCN(CC(N)=NO)Cc1ccc(Br)cc1. The van der Waals surface area contributed by atoms with Crippen LogP contribution in [0.3, 0.4) is 0 Å². The van der Waals surface area contributed by atoms with E-state index >= 15 is 0 Å². The maximum Gasteiger partial charge on any atom is 0.153 e. The molecule has 0 aliphatic heterocycles. The molecule has 0 fully saturated rings. The van der Waals surface area contributed by atoms with Gasteiger partial charge in [0.05, 0.1) is 6.54 Å². The van der Waals surface area contributed by atoms with Crippen LogP contribution in [0.2, 0.25) is 0 Å². The van der Waals surface area contributed by atoms with Gasteiger partial charge in [0.2, 0.25) is 0 Å². The molecule has 1 rings (SSSR count). The lowest BCUT2D eigenvalue weighted by atomic mass is 10.2. The zero-order chi connectivity index (χ0) is 12.7. The minimum atomic E-state index is 0.246. The Morgan fingerprint density at radius 2 is 2.06 bits per heavy atom. The van der Waals surface area contributed by atoms with Gasteiger partial charge in [0.15, 0.2) is 5.84 Å². The number of hydrogen-bond donors (Lipinski definition) is 2. The Labute approximate surface area is 110 Å². The van der Waals surface area contributed by atoms with Gasteiger partial charge >= 0.3 is 0 Å². The van der Waals surface area contributed by atoms with Gasteiger partial charge in [-0.2, -0.15) is 0 Å². The van der Waals surface area contributed by atoms with E-state index in [-0.39, 0.29) is 5.84 Å². The van der Waals surface area contributed by atoms with Gasteiger partial charge in [-0.1, -0.05) is 40.1 Å². The molecule has 3 N–H and O–H groups in total. The summed E-state index contributed by atoms with van der Waals surface area (Å²) in [7, 11) is 0. The second-order valence-electron chi connectivity index (χ2n) is 3.93. The lowest BCUT2D eigenvalue weighted by Crippen LogP contribution is -2.34. The number of nitrogens with zero attached hydrogens (tertiary/aromatic N) is 2. The van der Waals surface area contributed by atoms with Crippen molar-refractivity contribution in [3.05, 3.63) is 34.3 Å². The second-order valence-corrected chi connectivity index (χ2v) is 4.84. The molecule has 17 heavy (non-hydrogen) atoms. The average Bonchev–Trinajstić information content (AvgIpc) is 2.32. The summed E-state index contributed by atoms with van der Waals surface area (Å²) < 4.78 is 1.07. The van der Waals surface area contributed by atoms with Gasteiger partial charge in [0.25, 0.3) is 0 Å². The fourth-order valence-electron chi connectivity index (χ4n) is 1.64. The van der Waals surface area contributed by atoms with Gasteiger partial charge in [-0.05, 0) is 30.7 Å². The molecular formula is C12H18BrN3O. The lowest BCUT2D eigenvalue weighted by molar-refractivity contribution is 0.286. The van der Waals surface area contributed by atoms with Gasteiger partial charge in [-0.3, -0.25) is 4.90 Å². The highest BCUT2D eigenvalue weighted by Crippen LogP contribution is 2.12. The highest BCUT2D eigenvalue weighted by molar-refractivity contribution is 9.10. The van der Waals surface area contributed by atoms with Crippen LogP contribution in [0.25, 0.3) is 0 Å². The van der Waals surface area contributed by atoms with Crippen LogP contribution in [0.15, 0.2) is 33.9 Å². The molecule has 0 aliphatic rings. The van der Waals surface area contributed by atoms with Crippen LogP contribution in [0.5, 0.6) is 0 Å².